The van der Waals surface area contributed by atoms with Gasteiger partial charge in [0.2, 0.25) is 0 Å². The summed E-state index contributed by atoms with van der Waals surface area (Å²) in [5.41, 5.74) is 2.39. The summed E-state index contributed by atoms with van der Waals surface area (Å²) in [6, 6.07) is 10.4. The maximum atomic E-state index is 13.6. The topological polar surface area (TPSA) is 99.5 Å². The minimum Gasteiger partial charge on any atom is -0.465 e. The van der Waals surface area contributed by atoms with E-state index >= 15 is 0 Å². The van der Waals surface area contributed by atoms with Crippen LogP contribution in [-0.2, 0) is 11.3 Å². The lowest BCUT2D eigenvalue weighted by Gasteiger charge is -2.38. The Hall–Kier alpha value is -2.62. The smallest absolute Gasteiger partial charge is 0.404 e. The van der Waals surface area contributed by atoms with Crippen molar-refractivity contribution in [3.8, 4) is 11.1 Å². The van der Waals surface area contributed by atoms with Gasteiger partial charge in [0.1, 0.15) is 17.9 Å². The maximum Gasteiger partial charge on any atom is 0.404 e. The first-order valence-electron chi connectivity index (χ1n) is 12.6. The van der Waals surface area contributed by atoms with Crippen LogP contribution in [0.4, 0.5) is 9.18 Å². The molecule has 3 aliphatic rings. The van der Waals surface area contributed by atoms with Crippen molar-refractivity contribution in [3.63, 3.8) is 0 Å². The molecule has 0 radical (unpaired) electrons. The van der Waals surface area contributed by atoms with Crippen LogP contribution in [0, 0.1) is 23.6 Å². The molecule has 7 nitrogen and oxygen atoms in total. The third-order valence-electron chi connectivity index (χ3n) is 8.55. The van der Waals surface area contributed by atoms with Crippen LogP contribution in [0.1, 0.15) is 44.2 Å². The Bertz CT molecular complexity index is 1170. The highest BCUT2D eigenvalue weighted by Crippen LogP contribution is 2.53. The predicted molar refractivity (Wildman–Crippen MR) is 136 cm³/mol. The van der Waals surface area contributed by atoms with Crippen LogP contribution in [0.3, 0.4) is 0 Å². The van der Waals surface area contributed by atoms with Gasteiger partial charge in [-0.2, -0.15) is 4.21 Å². The lowest BCUT2D eigenvalue weighted by Crippen LogP contribution is -2.56. The summed E-state index contributed by atoms with van der Waals surface area (Å²) < 4.78 is 36.8. The van der Waals surface area contributed by atoms with E-state index in [0.29, 0.717) is 11.8 Å². The van der Waals surface area contributed by atoms with Crippen LogP contribution < -0.4 is 5.32 Å². The van der Waals surface area contributed by atoms with E-state index in [2.05, 4.69) is 16.4 Å². The van der Waals surface area contributed by atoms with Crippen LogP contribution in [-0.4, -0.2) is 54.0 Å². The molecule has 7 atom stereocenters. The van der Waals surface area contributed by atoms with Crippen molar-refractivity contribution in [3.05, 3.63) is 60.2 Å². The van der Waals surface area contributed by atoms with E-state index in [1.807, 2.05) is 31.3 Å². The third-order valence-corrected chi connectivity index (χ3v) is 9.79. The third kappa shape index (κ3) is 4.96. The zero-order valence-corrected chi connectivity index (χ0v) is 21.1. The molecular weight excluding hydrogens is 481 g/mol. The maximum absolute atomic E-state index is 13.6. The minimum absolute atomic E-state index is 0.00951. The Labute approximate surface area is 213 Å². The van der Waals surface area contributed by atoms with E-state index in [-0.39, 0.29) is 33.7 Å². The molecule has 1 amide bonds. The molecular formula is C27H33FN3O4S+. The molecule has 0 aliphatic heterocycles. The van der Waals surface area contributed by atoms with Gasteiger partial charge in [0, 0.05) is 43.0 Å². The molecule has 3 saturated carbocycles. The Balaban J connectivity index is 1.39. The molecule has 0 saturated heterocycles. The fourth-order valence-corrected chi connectivity index (χ4v) is 7.52. The van der Waals surface area contributed by atoms with Crippen molar-refractivity contribution >= 4 is 23.4 Å². The highest BCUT2D eigenvalue weighted by molar-refractivity contribution is 7.73. The Morgan fingerprint density at radius 3 is 2.61 bits per heavy atom. The van der Waals surface area contributed by atoms with Crippen LogP contribution in [0.2, 0.25) is 0 Å². The van der Waals surface area contributed by atoms with Gasteiger partial charge in [-0.15, -0.1) is 0 Å². The zero-order chi connectivity index (χ0) is 25.4. The number of hydrogen-bond acceptors (Lipinski definition) is 3. The number of rotatable bonds is 7. The molecule has 36 heavy (non-hydrogen) atoms. The van der Waals surface area contributed by atoms with Gasteiger partial charge >= 0.3 is 17.4 Å². The van der Waals surface area contributed by atoms with Gasteiger partial charge in [0.15, 0.2) is 0 Å². The highest BCUT2D eigenvalue weighted by Gasteiger charge is 2.59. The number of amides is 1. The number of fused-ring (bicyclic) bond motifs is 1. The number of carboxylic acid groups (broad SMARTS) is 1. The summed E-state index contributed by atoms with van der Waals surface area (Å²) in [5.74, 6) is 0.458. The van der Waals surface area contributed by atoms with Gasteiger partial charge in [0.05, 0.1) is 12.7 Å². The number of aromatic nitrogens is 1. The second kappa shape index (κ2) is 10.0. The molecule has 1 aromatic heterocycles. The van der Waals surface area contributed by atoms with Crippen molar-refractivity contribution < 1.29 is 26.9 Å². The SMILES string of the molecule is C[N+](C1CC1)([C@@H]1C[C@@H]2CC(NC(=O)O)CC[C@H]2[C@@H]1/C=C/c1ccc(-c2cccc(F)c2)cn1)S(=O)O. The molecule has 1 heterocycles. The molecule has 0 bridgehead atoms. The minimum atomic E-state index is -2.01. The van der Waals surface area contributed by atoms with Crippen molar-refractivity contribution in [2.45, 2.75) is 56.7 Å². The van der Waals surface area contributed by atoms with Crippen LogP contribution in [0.15, 0.2) is 48.7 Å². The molecule has 3 fully saturated rings. The number of halogens is 1. The van der Waals surface area contributed by atoms with Crippen molar-refractivity contribution in [1.29, 1.82) is 0 Å². The quantitative estimate of drug-likeness (QED) is 0.353. The first-order valence-corrected chi connectivity index (χ1v) is 13.7. The van der Waals surface area contributed by atoms with Gasteiger partial charge < -0.3 is 10.4 Å². The van der Waals surface area contributed by atoms with E-state index in [0.717, 1.165) is 55.3 Å². The van der Waals surface area contributed by atoms with Gasteiger partial charge in [-0.1, -0.05) is 24.3 Å². The molecule has 3 N–H and O–H groups in total. The number of quaternary nitrogens is 1. The van der Waals surface area contributed by atoms with E-state index in [4.69, 9.17) is 0 Å². The van der Waals surface area contributed by atoms with Crippen LogP contribution >= 0.6 is 0 Å². The van der Waals surface area contributed by atoms with Crippen LogP contribution in [0.25, 0.3) is 17.2 Å². The number of nitrogens with one attached hydrogen (secondary N) is 1. The summed E-state index contributed by atoms with van der Waals surface area (Å²) >= 11 is -2.01. The summed E-state index contributed by atoms with van der Waals surface area (Å²) in [4.78, 5) is 15.8. The molecule has 3 unspecified atom stereocenters. The molecule has 0 spiro atoms. The van der Waals surface area contributed by atoms with Gasteiger partial charge in [-0.05, 0) is 60.9 Å². The van der Waals surface area contributed by atoms with E-state index < -0.39 is 17.4 Å². The largest absolute Gasteiger partial charge is 0.465 e. The lowest BCUT2D eigenvalue weighted by atomic mass is 9.75. The lowest BCUT2D eigenvalue weighted by molar-refractivity contribution is -0.827. The fraction of sp³-hybridized carbons (Fsp3) is 0.481. The predicted octanol–water partition coefficient (Wildman–Crippen LogP) is 5.09. The number of carbonyl (C=O) groups is 1. The fourth-order valence-electron chi connectivity index (χ4n) is 6.60. The van der Waals surface area contributed by atoms with Gasteiger partial charge in [0.25, 0.3) is 0 Å². The molecule has 2 aromatic rings. The first kappa shape index (κ1) is 25.0. The Morgan fingerprint density at radius 2 is 1.97 bits per heavy atom. The molecule has 3 aliphatic carbocycles. The number of nitrogens with zero attached hydrogens (tertiary/aromatic N) is 2. The normalized spacial score (nSPS) is 30.5. The molecule has 1 aromatic carbocycles. The van der Waals surface area contributed by atoms with Crippen molar-refractivity contribution in [2.24, 2.45) is 17.8 Å². The van der Waals surface area contributed by atoms with E-state index in [1.165, 1.54) is 12.1 Å². The summed E-state index contributed by atoms with van der Waals surface area (Å²) in [7, 11) is 1.91. The summed E-state index contributed by atoms with van der Waals surface area (Å²) in [6.45, 7) is 0. The highest BCUT2D eigenvalue weighted by atomic mass is 32.2. The molecule has 192 valence electrons. The monoisotopic (exact) mass is 514 g/mol. The first-order chi connectivity index (χ1) is 17.3. The van der Waals surface area contributed by atoms with Gasteiger partial charge in [-0.3, -0.25) is 9.54 Å². The zero-order valence-electron chi connectivity index (χ0n) is 20.3. The second-order valence-electron chi connectivity index (χ2n) is 10.6. The summed E-state index contributed by atoms with van der Waals surface area (Å²) in [5, 5.41) is 11.8. The average molecular weight is 515 g/mol. The number of hydrogen-bond donors (Lipinski definition) is 3. The Morgan fingerprint density at radius 1 is 1.17 bits per heavy atom. The molecule has 9 heteroatoms. The summed E-state index contributed by atoms with van der Waals surface area (Å²) in [6.07, 6.45) is 10.0. The Kier molecular flexibility index (Phi) is 6.98. The molecule has 5 rings (SSSR count). The van der Waals surface area contributed by atoms with Crippen LogP contribution in [0.5, 0.6) is 0 Å². The van der Waals surface area contributed by atoms with E-state index in [9.17, 15) is 23.1 Å². The number of benzene rings is 1. The van der Waals surface area contributed by atoms with Crippen molar-refractivity contribution in [1.82, 2.24) is 10.3 Å². The van der Waals surface area contributed by atoms with Gasteiger partial charge in [-0.25, -0.2) is 13.1 Å². The number of pyridine rings is 1. The van der Waals surface area contributed by atoms with E-state index in [1.54, 1.807) is 12.3 Å². The second-order valence-corrected chi connectivity index (χ2v) is 11.9. The standard InChI is InChI=1S/C27H32FN3O4S/c1-31(36(34)35,23-9-10-23)26-15-19-14-22(30-27(32)33)8-11-24(19)25(26)12-7-21-6-5-18(16-29-21)17-3-2-4-20(28)13-17/h2-7,12-13,16,19,22-26,30H,8-11,14-15H2,1H3,(H-,32,33,34,35)/p+1/b12-7+/t19-,22?,24+,25-,26+,31?/m0/s1. The van der Waals surface area contributed by atoms with Crippen molar-refractivity contribution in [2.75, 3.05) is 7.05 Å². The average Bonchev–Trinajstić information content (AvgIpc) is 3.64.